The molecule has 0 bridgehead atoms. The average Bonchev–Trinajstić information content (AvgIpc) is 3.01. The largest absolute Gasteiger partial charge is 0.478 e. The molecule has 3 rings (SSSR count). The van der Waals surface area contributed by atoms with Crippen molar-refractivity contribution in [3.8, 4) is 0 Å². The van der Waals surface area contributed by atoms with E-state index in [0.29, 0.717) is 36.7 Å². The van der Waals surface area contributed by atoms with Crippen molar-refractivity contribution in [3.63, 3.8) is 0 Å². The fraction of sp³-hybridized carbons (Fsp3) is 0.250. The minimum atomic E-state index is -0.953. The number of anilines is 1. The molecule has 0 fully saturated rings. The fourth-order valence-electron chi connectivity index (χ4n) is 2.35. The highest BCUT2D eigenvalue weighted by atomic mass is 35.5. The third-order valence-corrected chi connectivity index (χ3v) is 3.80. The molecule has 1 aromatic carbocycles. The monoisotopic (exact) mass is 361 g/mol. The number of nitrogens with one attached hydrogen (secondary N) is 1. The van der Waals surface area contributed by atoms with E-state index in [4.69, 9.17) is 21.4 Å². The van der Waals surface area contributed by atoms with Crippen LogP contribution in [0.15, 0.2) is 30.6 Å². The van der Waals surface area contributed by atoms with Crippen molar-refractivity contribution in [2.24, 2.45) is 0 Å². The number of benzene rings is 1. The van der Waals surface area contributed by atoms with Gasteiger partial charge in [0.1, 0.15) is 0 Å². The summed E-state index contributed by atoms with van der Waals surface area (Å²) < 4.78 is 6.92. The van der Waals surface area contributed by atoms with Crippen LogP contribution in [0.5, 0.6) is 0 Å². The predicted molar refractivity (Wildman–Crippen MR) is 92.9 cm³/mol. The number of carboxylic acid groups (broad SMARTS) is 1. The summed E-state index contributed by atoms with van der Waals surface area (Å²) >= 11 is 6.02. The van der Waals surface area contributed by atoms with Crippen LogP contribution in [-0.4, -0.2) is 44.3 Å². The second-order valence-electron chi connectivity index (χ2n) is 5.30. The maximum absolute atomic E-state index is 10.9. The molecule has 2 aromatic heterocycles. The minimum Gasteiger partial charge on any atom is -0.478 e. The number of carboxylic acids is 1. The molecule has 9 heteroatoms. The highest BCUT2D eigenvalue weighted by molar-refractivity contribution is 6.28. The molecule has 0 atom stereocenters. The van der Waals surface area contributed by atoms with Gasteiger partial charge < -0.3 is 19.7 Å². The first-order valence-electron chi connectivity index (χ1n) is 7.52. The first kappa shape index (κ1) is 17.1. The summed E-state index contributed by atoms with van der Waals surface area (Å²) in [6.45, 7) is 1.59. The lowest BCUT2D eigenvalue weighted by atomic mass is 10.1. The predicted octanol–water partition coefficient (Wildman–Crippen LogP) is 2.44. The van der Waals surface area contributed by atoms with Gasteiger partial charge in [-0.15, -0.1) is 0 Å². The Morgan fingerprint density at radius 2 is 2.08 bits per heavy atom. The highest BCUT2D eigenvalue weighted by Crippen LogP contribution is 2.21. The van der Waals surface area contributed by atoms with Crippen LogP contribution in [0.2, 0.25) is 5.28 Å². The number of carbonyl (C=O) groups is 1. The molecule has 0 saturated carbocycles. The zero-order valence-corrected chi connectivity index (χ0v) is 14.2. The number of ether oxygens (including phenoxy) is 1. The van der Waals surface area contributed by atoms with E-state index in [1.165, 1.54) is 0 Å². The second kappa shape index (κ2) is 7.45. The average molecular weight is 362 g/mol. The number of rotatable bonds is 7. The Labute approximate surface area is 148 Å². The van der Waals surface area contributed by atoms with E-state index >= 15 is 0 Å². The van der Waals surface area contributed by atoms with Gasteiger partial charge in [0.2, 0.25) is 5.28 Å². The molecule has 25 heavy (non-hydrogen) atoms. The van der Waals surface area contributed by atoms with Crippen molar-refractivity contribution in [2.45, 2.75) is 13.1 Å². The standard InChI is InChI=1S/C16H16ClN5O3/c1-25-7-6-22-9-19-12-13(20-16(17)21-14(12)22)18-8-10-2-4-11(5-3-10)15(23)24/h2-5,9H,6-8H2,1H3,(H,23,24)(H,18,20,21). The van der Waals surface area contributed by atoms with Gasteiger partial charge in [-0.2, -0.15) is 9.97 Å². The molecule has 2 N–H and O–H groups in total. The summed E-state index contributed by atoms with van der Waals surface area (Å²) in [5, 5.41) is 12.2. The molecule has 0 unspecified atom stereocenters. The Bertz CT molecular complexity index is 895. The number of hydrogen-bond donors (Lipinski definition) is 2. The maximum atomic E-state index is 10.9. The van der Waals surface area contributed by atoms with Crippen LogP contribution in [-0.2, 0) is 17.8 Å². The number of aromatic nitrogens is 4. The van der Waals surface area contributed by atoms with Crippen molar-refractivity contribution in [3.05, 3.63) is 47.0 Å². The van der Waals surface area contributed by atoms with Gasteiger partial charge in [-0.05, 0) is 29.3 Å². The lowest BCUT2D eigenvalue weighted by molar-refractivity contribution is 0.0697. The van der Waals surface area contributed by atoms with Crippen molar-refractivity contribution < 1.29 is 14.6 Å². The summed E-state index contributed by atoms with van der Waals surface area (Å²) in [6.07, 6.45) is 1.67. The van der Waals surface area contributed by atoms with Crippen LogP contribution in [0.3, 0.4) is 0 Å². The molecule has 130 valence electrons. The molecule has 0 aliphatic heterocycles. The zero-order chi connectivity index (χ0) is 17.8. The second-order valence-corrected chi connectivity index (χ2v) is 5.64. The van der Waals surface area contributed by atoms with Gasteiger partial charge in [-0.1, -0.05) is 12.1 Å². The molecule has 3 aromatic rings. The smallest absolute Gasteiger partial charge is 0.335 e. The summed E-state index contributed by atoms with van der Waals surface area (Å²) in [7, 11) is 1.63. The first-order valence-corrected chi connectivity index (χ1v) is 7.89. The topological polar surface area (TPSA) is 102 Å². The Kier molecular flexibility index (Phi) is 5.11. The SMILES string of the molecule is COCCn1cnc2c(NCc3ccc(C(=O)O)cc3)nc(Cl)nc21. The minimum absolute atomic E-state index is 0.121. The molecule has 8 nitrogen and oxygen atoms in total. The van der Waals surface area contributed by atoms with E-state index < -0.39 is 5.97 Å². The van der Waals surface area contributed by atoms with Crippen LogP contribution < -0.4 is 5.32 Å². The van der Waals surface area contributed by atoms with Crippen LogP contribution in [0, 0.1) is 0 Å². The van der Waals surface area contributed by atoms with E-state index in [-0.39, 0.29) is 10.8 Å². The Morgan fingerprint density at radius 3 is 2.76 bits per heavy atom. The maximum Gasteiger partial charge on any atom is 0.335 e. The van der Waals surface area contributed by atoms with E-state index in [1.54, 1.807) is 37.7 Å². The van der Waals surface area contributed by atoms with E-state index in [9.17, 15) is 4.79 Å². The Balaban J connectivity index is 1.81. The summed E-state index contributed by atoms with van der Waals surface area (Å²) in [5.41, 5.74) is 2.39. The molecule has 0 spiro atoms. The molecular formula is C16H16ClN5O3. The lowest BCUT2D eigenvalue weighted by Crippen LogP contribution is -2.06. The number of methoxy groups -OCH3 is 1. The molecule has 0 saturated heterocycles. The molecule has 0 aliphatic rings. The molecular weight excluding hydrogens is 346 g/mol. The van der Waals surface area contributed by atoms with Gasteiger partial charge in [0, 0.05) is 20.2 Å². The summed E-state index contributed by atoms with van der Waals surface area (Å²) in [6, 6.07) is 6.60. The Morgan fingerprint density at radius 1 is 1.32 bits per heavy atom. The van der Waals surface area contributed by atoms with Crippen LogP contribution in [0.1, 0.15) is 15.9 Å². The fourth-order valence-corrected chi connectivity index (χ4v) is 2.51. The number of fused-ring (bicyclic) bond motifs is 1. The van der Waals surface area contributed by atoms with E-state index in [2.05, 4.69) is 20.3 Å². The van der Waals surface area contributed by atoms with Gasteiger partial charge in [0.25, 0.3) is 0 Å². The first-order chi connectivity index (χ1) is 12.1. The van der Waals surface area contributed by atoms with E-state index in [0.717, 1.165) is 5.56 Å². The van der Waals surface area contributed by atoms with Crippen LogP contribution >= 0.6 is 11.6 Å². The van der Waals surface area contributed by atoms with E-state index in [1.807, 2.05) is 4.57 Å². The van der Waals surface area contributed by atoms with Gasteiger partial charge in [-0.25, -0.2) is 9.78 Å². The van der Waals surface area contributed by atoms with Crippen molar-refractivity contribution in [2.75, 3.05) is 19.0 Å². The number of halogens is 1. The Hall–Kier alpha value is -2.71. The van der Waals surface area contributed by atoms with Crippen LogP contribution in [0.4, 0.5) is 5.82 Å². The molecule has 0 radical (unpaired) electrons. The van der Waals surface area contributed by atoms with Gasteiger partial charge in [0.15, 0.2) is 17.0 Å². The zero-order valence-electron chi connectivity index (χ0n) is 13.4. The summed E-state index contributed by atoms with van der Waals surface area (Å²) in [5.74, 6) is -0.432. The van der Waals surface area contributed by atoms with Crippen molar-refractivity contribution >= 4 is 34.6 Å². The number of imidazole rings is 1. The summed E-state index contributed by atoms with van der Waals surface area (Å²) in [4.78, 5) is 23.7. The molecule has 0 amide bonds. The van der Waals surface area contributed by atoms with Crippen molar-refractivity contribution in [1.82, 2.24) is 19.5 Å². The third-order valence-electron chi connectivity index (χ3n) is 3.63. The van der Waals surface area contributed by atoms with Gasteiger partial charge in [-0.3, -0.25) is 0 Å². The molecule has 0 aliphatic carbocycles. The van der Waals surface area contributed by atoms with Crippen LogP contribution in [0.25, 0.3) is 11.2 Å². The molecule has 2 heterocycles. The third kappa shape index (κ3) is 3.86. The highest BCUT2D eigenvalue weighted by Gasteiger charge is 2.12. The normalized spacial score (nSPS) is 11.0. The van der Waals surface area contributed by atoms with Gasteiger partial charge in [0.05, 0.1) is 18.5 Å². The number of nitrogens with zero attached hydrogens (tertiary/aromatic N) is 4. The van der Waals surface area contributed by atoms with Gasteiger partial charge >= 0.3 is 5.97 Å². The van der Waals surface area contributed by atoms with Crippen molar-refractivity contribution in [1.29, 1.82) is 0 Å². The lowest BCUT2D eigenvalue weighted by Gasteiger charge is -2.08. The number of hydrogen-bond acceptors (Lipinski definition) is 6. The quantitative estimate of drug-likeness (QED) is 0.623. The number of aromatic carboxylic acids is 1.